The first-order chi connectivity index (χ1) is 18.9. The van der Waals surface area contributed by atoms with Crippen LogP contribution in [0.2, 0.25) is 0 Å². The van der Waals surface area contributed by atoms with E-state index in [0.717, 1.165) is 43.2 Å². The summed E-state index contributed by atoms with van der Waals surface area (Å²) in [5.41, 5.74) is 3.27. The molecule has 1 aliphatic carbocycles. The van der Waals surface area contributed by atoms with Crippen LogP contribution >= 0.6 is 0 Å². The highest BCUT2D eigenvalue weighted by atomic mass is 19.3. The fourth-order valence-electron chi connectivity index (χ4n) is 3.68. The van der Waals surface area contributed by atoms with E-state index in [1.54, 1.807) is 0 Å². The number of carbonyl (C=O) groups is 1. The summed E-state index contributed by atoms with van der Waals surface area (Å²) in [6.07, 6.45) is -4.88. The molecule has 0 heterocycles. The molecule has 0 unspecified atom stereocenters. The molecule has 1 saturated carbocycles. The van der Waals surface area contributed by atoms with Crippen LogP contribution in [0.5, 0.6) is 5.75 Å². The minimum absolute atomic E-state index is 0.232. The van der Waals surface area contributed by atoms with Crippen molar-refractivity contribution in [2.75, 3.05) is 0 Å². The summed E-state index contributed by atoms with van der Waals surface area (Å²) >= 11 is 0. The second kappa shape index (κ2) is 15.6. The number of hydrogen-bond donors (Lipinski definition) is 2. The quantitative estimate of drug-likeness (QED) is 0.206. The molecule has 0 aliphatic heterocycles. The molecule has 9 heteroatoms. The number of hydrogen-bond acceptors (Lipinski definition) is 4. The summed E-state index contributed by atoms with van der Waals surface area (Å²) in [6.45, 7) is 9.38. The van der Waals surface area contributed by atoms with Gasteiger partial charge in [0.25, 0.3) is 0 Å². The average Bonchev–Trinajstić information content (AvgIpc) is 2.86. The Kier molecular flexibility index (Phi) is 12.6. The van der Waals surface area contributed by atoms with E-state index in [-0.39, 0.29) is 5.56 Å². The molecule has 1 fully saturated rings. The maximum atomic E-state index is 14.2. The van der Waals surface area contributed by atoms with E-state index in [9.17, 15) is 22.0 Å². The Morgan fingerprint density at radius 1 is 0.975 bits per heavy atom. The van der Waals surface area contributed by atoms with Gasteiger partial charge in [0.2, 0.25) is 0 Å². The molecule has 1 atom stereocenters. The van der Waals surface area contributed by atoms with Gasteiger partial charge in [-0.15, -0.1) is 0 Å². The predicted octanol–water partition coefficient (Wildman–Crippen LogP) is 7.86. The zero-order chi connectivity index (χ0) is 29.7. The normalized spacial score (nSPS) is 13.4. The lowest BCUT2D eigenvalue weighted by Crippen LogP contribution is -2.40. The minimum atomic E-state index is -4.73. The van der Waals surface area contributed by atoms with E-state index in [0.29, 0.717) is 23.5 Å². The molecule has 0 amide bonds. The van der Waals surface area contributed by atoms with Crippen molar-refractivity contribution in [3.63, 3.8) is 0 Å². The zero-order valence-corrected chi connectivity index (χ0v) is 22.8. The van der Waals surface area contributed by atoms with E-state index in [1.807, 2.05) is 49.4 Å². The topological polar surface area (TPSA) is 50.4 Å². The van der Waals surface area contributed by atoms with Crippen molar-refractivity contribution in [1.82, 2.24) is 10.6 Å². The lowest BCUT2D eigenvalue weighted by molar-refractivity contribution is -0.253. The molecule has 3 aromatic carbocycles. The standard InChI is InChI=1S/C22H23F5N2O.C7H8.C2H4O/c1-13-6-8-15(9-7-13)20(29-14(2)28-18-4-3-5-18)16-10-17(23)12-19(11-16)30-22(26,27)21(24)25;1-7-5-3-2-4-6-7;1-2-3/h6-12,18,20-21,28-29H,2-5H2,1H3;2-6H,1H3;2H,1H3/t20-;;/m1../s1. The molecule has 3 aromatic rings. The van der Waals surface area contributed by atoms with Crippen molar-refractivity contribution in [1.29, 1.82) is 0 Å². The summed E-state index contributed by atoms with van der Waals surface area (Å²) in [5, 5.41) is 6.38. The van der Waals surface area contributed by atoms with Gasteiger partial charge in [-0.1, -0.05) is 72.3 Å². The second-order valence-electron chi connectivity index (χ2n) is 9.31. The first-order valence-electron chi connectivity index (χ1n) is 12.8. The minimum Gasteiger partial charge on any atom is -0.428 e. The summed E-state index contributed by atoms with van der Waals surface area (Å²) in [4.78, 5) is 8.81. The summed E-state index contributed by atoms with van der Waals surface area (Å²) in [7, 11) is 0. The number of aryl methyl sites for hydroxylation is 2. The Balaban J connectivity index is 0.000000474. The molecule has 1 aliphatic rings. The van der Waals surface area contributed by atoms with Crippen molar-refractivity contribution in [3.8, 4) is 5.75 Å². The second-order valence-corrected chi connectivity index (χ2v) is 9.31. The van der Waals surface area contributed by atoms with Gasteiger partial charge in [-0.3, -0.25) is 0 Å². The third-order valence-electron chi connectivity index (χ3n) is 5.89. The van der Waals surface area contributed by atoms with E-state index >= 15 is 0 Å². The zero-order valence-electron chi connectivity index (χ0n) is 22.8. The first kappa shape index (κ1) is 32.3. The summed E-state index contributed by atoms with van der Waals surface area (Å²) < 4.78 is 69.9. The molecular formula is C31H35F5N2O2. The van der Waals surface area contributed by atoms with Gasteiger partial charge < -0.3 is 20.2 Å². The van der Waals surface area contributed by atoms with Gasteiger partial charge in [-0.25, -0.2) is 4.39 Å². The average molecular weight is 563 g/mol. The number of rotatable bonds is 9. The molecule has 40 heavy (non-hydrogen) atoms. The lowest BCUT2D eigenvalue weighted by Gasteiger charge is -2.31. The number of aldehydes is 1. The van der Waals surface area contributed by atoms with Gasteiger partial charge in [-0.2, -0.15) is 17.6 Å². The lowest BCUT2D eigenvalue weighted by atomic mass is 9.93. The number of halogens is 5. The van der Waals surface area contributed by atoms with Crippen LogP contribution in [0.15, 0.2) is 85.2 Å². The van der Waals surface area contributed by atoms with Crippen LogP contribution in [0.3, 0.4) is 0 Å². The third-order valence-corrected chi connectivity index (χ3v) is 5.89. The van der Waals surface area contributed by atoms with Gasteiger partial charge in [0.15, 0.2) is 0 Å². The van der Waals surface area contributed by atoms with Gasteiger partial charge >= 0.3 is 12.5 Å². The van der Waals surface area contributed by atoms with E-state index < -0.39 is 30.1 Å². The largest absolute Gasteiger partial charge is 0.461 e. The van der Waals surface area contributed by atoms with E-state index in [1.165, 1.54) is 12.5 Å². The Hall–Kier alpha value is -3.88. The molecule has 0 saturated heterocycles. The van der Waals surface area contributed by atoms with Crippen LogP contribution in [0.25, 0.3) is 0 Å². The van der Waals surface area contributed by atoms with Crippen LogP contribution in [0.4, 0.5) is 22.0 Å². The SMILES string of the molecule is C=C(NC1CCC1)N[C@H](c1ccc(C)cc1)c1cc(F)cc(OC(F)(F)C(F)F)c1.CC=O.Cc1ccccc1. The van der Waals surface area contributed by atoms with Crippen LogP contribution in [0, 0.1) is 19.7 Å². The molecule has 0 aromatic heterocycles. The van der Waals surface area contributed by atoms with Gasteiger partial charge in [-0.05, 0) is 63.3 Å². The fraction of sp³-hybridized carbons (Fsp3) is 0.323. The number of benzene rings is 3. The Morgan fingerprint density at radius 2 is 1.55 bits per heavy atom. The molecule has 0 bridgehead atoms. The van der Waals surface area contributed by atoms with Crippen LogP contribution in [0.1, 0.15) is 54.5 Å². The highest BCUT2D eigenvalue weighted by molar-refractivity contribution is 5.44. The molecule has 4 rings (SSSR count). The monoisotopic (exact) mass is 562 g/mol. The van der Waals surface area contributed by atoms with E-state index in [4.69, 9.17) is 4.79 Å². The molecule has 0 radical (unpaired) electrons. The smallest absolute Gasteiger partial charge is 0.428 e. The van der Waals surface area contributed by atoms with Gasteiger partial charge in [0.05, 0.1) is 11.9 Å². The number of carbonyl (C=O) groups excluding carboxylic acids is 1. The van der Waals surface area contributed by atoms with E-state index in [2.05, 4.69) is 41.0 Å². The van der Waals surface area contributed by atoms with Crippen molar-refractivity contribution >= 4 is 6.29 Å². The third kappa shape index (κ3) is 10.7. The highest BCUT2D eigenvalue weighted by Crippen LogP contribution is 2.32. The van der Waals surface area contributed by atoms with Crippen LogP contribution < -0.4 is 15.4 Å². The predicted molar refractivity (Wildman–Crippen MR) is 147 cm³/mol. The van der Waals surface area contributed by atoms with Crippen LogP contribution in [-0.2, 0) is 4.79 Å². The highest BCUT2D eigenvalue weighted by Gasteiger charge is 2.44. The number of nitrogens with one attached hydrogen (secondary N) is 2. The van der Waals surface area contributed by atoms with Gasteiger partial charge in [0, 0.05) is 12.1 Å². The Morgan fingerprint density at radius 3 is 2.02 bits per heavy atom. The molecular weight excluding hydrogens is 527 g/mol. The van der Waals surface area contributed by atoms with Gasteiger partial charge in [0.1, 0.15) is 17.9 Å². The Labute approximate surface area is 232 Å². The number of alkyl halides is 4. The maximum Gasteiger partial charge on any atom is 0.461 e. The van der Waals surface area contributed by atoms with Crippen molar-refractivity contribution < 1.29 is 31.5 Å². The summed E-state index contributed by atoms with van der Waals surface area (Å²) in [5.74, 6) is -1.08. The number of ether oxygens (including phenoxy) is 1. The molecule has 4 nitrogen and oxygen atoms in total. The van der Waals surface area contributed by atoms with Crippen molar-refractivity contribution in [2.24, 2.45) is 0 Å². The van der Waals surface area contributed by atoms with Crippen LogP contribution in [-0.4, -0.2) is 24.9 Å². The maximum absolute atomic E-state index is 14.2. The first-order valence-corrected chi connectivity index (χ1v) is 12.8. The van der Waals surface area contributed by atoms with Crippen molar-refractivity contribution in [3.05, 3.63) is 113 Å². The molecule has 216 valence electrons. The summed E-state index contributed by atoms with van der Waals surface area (Å²) in [6, 6.07) is 20.1. The molecule has 2 N–H and O–H groups in total. The van der Waals surface area contributed by atoms with Crippen molar-refractivity contribution in [2.45, 2.75) is 64.7 Å². The Bertz CT molecular complexity index is 1200. The molecule has 0 spiro atoms. The fourth-order valence-corrected chi connectivity index (χ4v) is 3.68.